The molecule has 1 aliphatic carbocycles. The number of rotatable bonds is 3. The summed E-state index contributed by atoms with van der Waals surface area (Å²) < 4.78 is 3.71. The molecule has 3 aromatic rings. The molecular formula is C20H24N6O2. The maximum Gasteiger partial charge on any atom is 0.326 e. The van der Waals surface area contributed by atoms with E-state index in [9.17, 15) is 9.59 Å². The number of aryl methyl sites for hydroxylation is 1. The first-order valence-corrected chi connectivity index (χ1v) is 10.00. The normalized spacial score (nSPS) is 21.6. The maximum atomic E-state index is 13.1. The maximum absolute atomic E-state index is 13.1. The van der Waals surface area contributed by atoms with Crippen molar-refractivity contribution >= 4 is 16.9 Å². The van der Waals surface area contributed by atoms with E-state index in [1.807, 2.05) is 28.6 Å². The average Bonchev–Trinajstić information content (AvgIpc) is 3.23. The molecule has 0 saturated heterocycles. The SMILES string of the molecule is CCn1c(=O)[nH]c2cc(C(=O)N3CCc4nnn(C5CC(C)C5)c4C3)ccc21. The lowest BCUT2D eigenvalue weighted by molar-refractivity contribution is 0.0723. The molecule has 0 radical (unpaired) electrons. The van der Waals surface area contributed by atoms with Crippen molar-refractivity contribution in [3.63, 3.8) is 0 Å². The van der Waals surface area contributed by atoms with Crippen LogP contribution in [0.25, 0.3) is 11.0 Å². The van der Waals surface area contributed by atoms with Gasteiger partial charge in [0.2, 0.25) is 0 Å². The van der Waals surface area contributed by atoms with Crippen LogP contribution in [0.2, 0.25) is 0 Å². The zero-order valence-electron chi connectivity index (χ0n) is 16.2. The van der Waals surface area contributed by atoms with E-state index in [1.54, 1.807) is 10.6 Å². The highest BCUT2D eigenvalue weighted by Gasteiger charge is 2.33. The van der Waals surface area contributed by atoms with Gasteiger partial charge in [-0.2, -0.15) is 0 Å². The highest BCUT2D eigenvalue weighted by molar-refractivity contribution is 5.97. The third-order valence-electron chi connectivity index (χ3n) is 6.15. The number of nitrogens with one attached hydrogen (secondary N) is 1. The van der Waals surface area contributed by atoms with Crippen molar-refractivity contribution < 1.29 is 4.79 Å². The Morgan fingerprint density at radius 2 is 2.14 bits per heavy atom. The van der Waals surface area contributed by atoms with Crippen LogP contribution in [0.3, 0.4) is 0 Å². The van der Waals surface area contributed by atoms with Crippen LogP contribution in [0.15, 0.2) is 23.0 Å². The summed E-state index contributed by atoms with van der Waals surface area (Å²) in [6.07, 6.45) is 2.99. The molecule has 1 amide bonds. The first-order valence-electron chi connectivity index (χ1n) is 10.00. The number of H-pyrrole nitrogens is 1. The zero-order valence-corrected chi connectivity index (χ0v) is 16.2. The summed E-state index contributed by atoms with van der Waals surface area (Å²) in [7, 11) is 0. The summed E-state index contributed by atoms with van der Waals surface area (Å²) in [5.74, 6) is 0.711. The molecule has 0 bridgehead atoms. The third-order valence-corrected chi connectivity index (χ3v) is 6.15. The van der Waals surface area contributed by atoms with E-state index in [1.165, 1.54) is 0 Å². The molecule has 1 fully saturated rings. The monoisotopic (exact) mass is 380 g/mol. The molecule has 2 aliphatic rings. The van der Waals surface area contributed by atoms with E-state index >= 15 is 0 Å². The van der Waals surface area contributed by atoms with Crippen LogP contribution in [-0.2, 0) is 19.5 Å². The lowest BCUT2D eigenvalue weighted by Crippen LogP contribution is -2.38. The van der Waals surface area contributed by atoms with Crippen molar-refractivity contribution in [2.45, 2.75) is 52.2 Å². The second kappa shape index (κ2) is 6.32. The van der Waals surface area contributed by atoms with E-state index < -0.39 is 0 Å². The van der Waals surface area contributed by atoms with Gasteiger partial charge >= 0.3 is 5.69 Å². The molecule has 1 N–H and O–H groups in total. The van der Waals surface area contributed by atoms with Gasteiger partial charge in [0.25, 0.3) is 5.91 Å². The van der Waals surface area contributed by atoms with Gasteiger partial charge in [-0.25, -0.2) is 9.48 Å². The van der Waals surface area contributed by atoms with Gasteiger partial charge in [-0.3, -0.25) is 9.36 Å². The lowest BCUT2D eigenvalue weighted by Gasteiger charge is -2.35. The van der Waals surface area contributed by atoms with E-state index in [0.29, 0.717) is 36.8 Å². The molecule has 5 rings (SSSR count). The number of nitrogens with zero attached hydrogens (tertiary/aromatic N) is 5. The first-order chi connectivity index (χ1) is 13.5. The van der Waals surface area contributed by atoms with Crippen LogP contribution in [0.4, 0.5) is 0 Å². The third kappa shape index (κ3) is 2.58. The smallest absolute Gasteiger partial charge is 0.326 e. The number of carbonyl (C=O) groups is 1. The number of benzene rings is 1. The average molecular weight is 380 g/mol. The molecular weight excluding hydrogens is 356 g/mol. The van der Waals surface area contributed by atoms with Gasteiger partial charge in [-0.15, -0.1) is 5.10 Å². The number of hydrogen-bond acceptors (Lipinski definition) is 4. The molecule has 0 unspecified atom stereocenters. The minimum absolute atomic E-state index is 0.0209. The number of amides is 1. The van der Waals surface area contributed by atoms with Crippen molar-refractivity contribution in [2.24, 2.45) is 5.92 Å². The zero-order chi connectivity index (χ0) is 19.4. The van der Waals surface area contributed by atoms with Gasteiger partial charge in [0, 0.05) is 25.1 Å². The molecule has 146 valence electrons. The number of aromatic amines is 1. The van der Waals surface area contributed by atoms with Crippen LogP contribution >= 0.6 is 0 Å². The number of aromatic nitrogens is 5. The van der Waals surface area contributed by atoms with E-state index in [2.05, 4.69) is 22.2 Å². The minimum Gasteiger partial charge on any atom is -0.332 e. The van der Waals surface area contributed by atoms with E-state index in [4.69, 9.17) is 0 Å². The summed E-state index contributed by atoms with van der Waals surface area (Å²) in [6.45, 7) is 5.95. The quantitative estimate of drug-likeness (QED) is 0.754. The molecule has 1 aromatic carbocycles. The summed E-state index contributed by atoms with van der Waals surface area (Å²) >= 11 is 0. The van der Waals surface area contributed by atoms with Crippen molar-refractivity contribution in [3.05, 3.63) is 45.6 Å². The van der Waals surface area contributed by atoms with Crippen LogP contribution in [0.5, 0.6) is 0 Å². The Balaban J connectivity index is 1.41. The second-order valence-corrected chi connectivity index (χ2v) is 8.04. The Kier molecular flexibility index (Phi) is 3.89. The predicted molar refractivity (Wildman–Crippen MR) is 104 cm³/mol. The topological polar surface area (TPSA) is 88.8 Å². The van der Waals surface area contributed by atoms with Crippen LogP contribution in [-0.4, -0.2) is 41.9 Å². The molecule has 8 heteroatoms. The first kappa shape index (κ1) is 17.2. The Morgan fingerprint density at radius 3 is 2.89 bits per heavy atom. The Hall–Kier alpha value is -2.90. The Bertz CT molecular complexity index is 1120. The highest BCUT2D eigenvalue weighted by atomic mass is 16.2. The molecule has 3 heterocycles. The number of fused-ring (bicyclic) bond motifs is 2. The van der Waals surface area contributed by atoms with Gasteiger partial charge < -0.3 is 9.88 Å². The van der Waals surface area contributed by atoms with Crippen molar-refractivity contribution in [1.29, 1.82) is 0 Å². The van der Waals surface area contributed by atoms with Gasteiger partial charge in [-0.05, 0) is 43.9 Å². The second-order valence-electron chi connectivity index (χ2n) is 8.04. The van der Waals surface area contributed by atoms with Crippen LogP contribution < -0.4 is 5.69 Å². The summed E-state index contributed by atoms with van der Waals surface area (Å²) in [5, 5.41) is 8.72. The van der Waals surface area contributed by atoms with E-state index in [0.717, 1.165) is 42.1 Å². The van der Waals surface area contributed by atoms with Gasteiger partial charge in [0.1, 0.15) is 0 Å². The lowest BCUT2D eigenvalue weighted by atomic mass is 9.82. The molecule has 0 spiro atoms. The van der Waals surface area contributed by atoms with Crippen molar-refractivity contribution in [1.82, 2.24) is 29.4 Å². The summed E-state index contributed by atoms with van der Waals surface area (Å²) in [6, 6.07) is 5.85. The number of imidazole rings is 1. The number of hydrogen-bond donors (Lipinski definition) is 1. The molecule has 1 saturated carbocycles. The highest BCUT2D eigenvalue weighted by Crippen LogP contribution is 2.38. The minimum atomic E-state index is -0.144. The molecule has 0 atom stereocenters. The van der Waals surface area contributed by atoms with Crippen LogP contribution in [0.1, 0.15) is 54.5 Å². The fourth-order valence-corrected chi connectivity index (χ4v) is 4.52. The fourth-order valence-electron chi connectivity index (χ4n) is 4.52. The fraction of sp³-hybridized carbons (Fsp3) is 0.500. The van der Waals surface area contributed by atoms with Gasteiger partial charge in [-0.1, -0.05) is 12.1 Å². The largest absolute Gasteiger partial charge is 0.332 e. The standard InChI is InChI=1S/C20H24N6O2/c1-3-25-17-5-4-13(10-16(17)21-20(25)28)19(27)24-7-6-15-18(11-24)26(23-22-15)14-8-12(2)9-14/h4-5,10,12,14H,3,6-9,11H2,1-2H3,(H,21,28). The number of carbonyl (C=O) groups excluding carboxylic acids is 1. The van der Waals surface area contributed by atoms with Crippen molar-refractivity contribution in [2.75, 3.05) is 6.54 Å². The molecule has 1 aliphatic heterocycles. The van der Waals surface area contributed by atoms with Crippen molar-refractivity contribution in [3.8, 4) is 0 Å². The van der Waals surface area contributed by atoms with Crippen LogP contribution in [0, 0.1) is 5.92 Å². The molecule has 8 nitrogen and oxygen atoms in total. The summed E-state index contributed by atoms with van der Waals surface area (Å²) in [5.41, 5.74) is 4.06. The van der Waals surface area contributed by atoms with Gasteiger partial charge in [0.05, 0.1) is 35.0 Å². The summed E-state index contributed by atoms with van der Waals surface area (Å²) in [4.78, 5) is 29.8. The van der Waals surface area contributed by atoms with Gasteiger partial charge in [0.15, 0.2) is 0 Å². The van der Waals surface area contributed by atoms with E-state index in [-0.39, 0.29) is 11.6 Å². The Labute approximate surface area is 162 Å². The predicted octanol–water partition coefficient (Wildman–Crippen LogP) is 2.11. The molecule has 28 heavy (non-hydrogen) atoms. The molecule has 2 aromatic heterocycles. The Morgan fingerprint density at radius 1 is 1.32 bits per heavy atom.